The Morgan fingerprint density at radius 3 is 1.64 bits per heavy atom. The van der Waals surface area contributed by atoms with E-state index in [-0.39, 0.29) is 13.2 Å². The van der Waals surface area contributed by atoms with E-state index in [1.807, 2.05) is 50.2 Å². The summed E-state index contributed by atoms with van der Waals surface area (Å²) in [5.41, 5.74) is 6.87. The number of nitrogens with one attached hydrogen (secondary N) is 2. The van der Waals surface area contributed by atoms with Crippen LogP contribution in [0.4, 0.5) is 0 Å². The highest BCUT2D eigenvalue weighted by molar-refractivity contribution is 7.99. The first-order valence-corrected chi connectivity index (χ1v) is 12.6. The monoisotopic (exact) mass is 546 g/mol. The Morgan fingerprint density at radius 1 is 0.744 bits per heavy atom. The largest absolute Gasteiger partial charge is 0.484 e. The molecule has 10 nitrogen and oxygen atoms in total. The number of amides is 2. The van der Waals surface area contributed by atoms with Gasteiger partial charge in [-0.2, -0.15) is 10.2 Å². The predicted octanol–water partition coefficient (Wildman–Crippen LogP) is 4.70. The van der Waals surface area contributed by atoms with Gasteiger partial charge in [0.1, 0.15) is 23.0 Å². The number of carbonyl (C=O) groups is 2. The smallest absolute Gasteiger partial charge is 0.277 e. The number of benzene rings is 2. The van der Waals surface area contributed by atoms with Gasteiger partial charge in [-0.25, -0.2) is 10.9 Å². The van der Waals surface area contributed by atoms with Gasteiger partial charge in [-0.3, -0.25) is 9.59 Å². The maximum Gasteiger partial charge on any atom is 0.277 e. The minimum Gasteiger partial charge on any atom is -0.484 e. The van der Waals surface area contributed by atoms with Gasteiger partial charge in [0.2, 0.25) is 0 Å². The van der Waals surface area contributed by atoms with Crippen LogP contribution in [0.25, 0.3) is 0 Å². The van der Waals surface area contributed by atoms with Crippen molar-refractivity contribution in [3.8, 4) is 11.5 Å². The lowest BCUT2D eigenvalue weighted by molar-refractivity contribution is -0.123. The standard InChI is InChI=1S/C28H26N4O6S/c1-19-5-3-7-21(13-19)35-17-25(33)31-29-15-23-9-11-27(37-23)39-28-12-10-24(38-28)16-30-32-26(34)18-36-22-8-4-6-20(2)14-22/h3-16H,17-18H2,1-2H3,(H,31,33)(H,32,34)/b29-15-,30-16-. The first-order valence-electron chi connectivity index (χ1n) is 11.8. The fourth-order valence-electron chi connectivity index (χ4n) is 3.12. The van der Waals surface area contributed by atoms with Crippen LogP contribution in [0.5, 0.6) is 11.5 Å². The van der Waals surface area contributed by atoms with Crippen LogP contribution in [0.3, 0.4) is 0 Å². The summed E-state index contributed by atoms with van der Waals surface area (Å²) in [6, 6.07) is 21.8. The Morgan fingerprint density at radius 2 is 1.21 bits per heavy atom. The molecule has 0 saturated carbocycles. The van der Waals surface area contributed by atoms with Gasteiger partial charge >= 0.3 is 0 Å². The molecule has 0 atom stereocenters. The van der Waals surface area contributed by atoms with Gasteiger partial charge in [0.05, 0.1) is 12.4 Å². The molecule has 200 valence electrons. The van der Waals surface area contributed by atoms with Crippen molar-refractivity contribution in [2.24, 2.45) is 10.2 Å². The van der Waals surface area contributed by atoms with E-state index in [4.69, 9.17) is 18.3 Å². The summed E-state index contributed by atoms with van der Waals surface area (Å²) in [7, 11) is 0. The molecule has 0 aliphatic heterocycles. The topological polar surface area (TPSA) is 128 Å². The lowest BCUT2D eigenvalue weighted by Crippen LogP contribution is -2.24. The highest BCUT2D eigenvalue weighted by Crippen LogP contribution is 2.30. The normalized spacial score (nSPS) is 11.1. The van der Waals surface area contributed by atoms with Crippen molar-refractivity contribution in [2.75, 3.05) is 13.2 Å². The fraction of sp³-hybridized carbons (Fsp3) is 0.143. The summed E-state index contributed by atoms with van der Waals surface area (Å²) in [5.74, 6) is 1.33. The number of hydrazone groups is 2. The van der Waals surface area contributed by atoms with E-state index >= 15 is 0 Å². The molecular weight excluding hydrogens is 520 g/mol. The number of ether oxygens (including phenoxy) is 2. The molecule has 2 aromatic heterocycles. The minimum atomic E-state index is -0.395. The lowest BCUT2D eigenvalue weighted by atomic mass is 10.2. The molecule has 4 rings (SSSR count). The number of aryl methyl sites for hydroxylation is 2. The van der Waals surface area contributed by atoms with Crippen molar-refractivity contribution in [1.29, 1.82) is 0 Å². The molecule has 0 radical (unpaired) electrons. The highest BCUT2D eigenvalue weighted by atomic mass is 32.2. The van der Waals surface area contributed by atoms with E-state index in [1.54, 1.807) is 36.4 Å². The van der Waals surface area contributed by atoms with Crippen LogP contribution >= 0.6 is 11.8 Å². The summed E-state index contributed by atoms with van der Waals surface area (Å²) in [6.07, 6.45) is 2.78. The third kappa shape index (κ3) is 9.24. The maximum atomic E-state index is 11.9. The van der Waals surface area contributed by atoms with Gasteiger partial charge in [-0.05, 0) is 85.3 Å². The zero-order valence-electron chi connectivity index (χ0n) is 21.2. The Hall–Kier alpha value is -4.77. The molecule has 39 heavy (non-hydrogen) atoms. The second kappa shape index (κ2) is 13.7. The third-order valence-corrected chi connectivity index (χ3v) is 5.73. The molecule has 4 aromatic rings. The zero-order chi connectivity index (χ0) is 27.5. The average Bonchev–Trinajstić information content (AvgIpc) is 3.56. The quantitative estimate of drug-likeness (QED) is 0.195. The fourth-order valence-corrected chi connectivity index (χ4v) is 3.87. The summed E-state index contributed by atoms with van der Waals surface area (Å²) < 4.78 is 22.2. The van der Waals surface area contributed by atoms with Gasteiger partial charge in [-0.1, -0.05) is 24.3 Å². The molecule has 2 heterocycles. The van der Waals surface area contributed by atoms with Crippen LogP contribution in [0, 0.1) is 13.8 Å². The molecule has 2 aromatic carbocycles. The van der Waals surface area contributed by atoms with Crippen LogP contribution in [0.1, 0.15) is 22.6 Å². The molecule has 2 amide bonds. The van der Waals surface area contributed by atoms with Crippen LogP contribution in [-0.2, 0) is 9.59 Å². The third-order valence-electron chi connectivity index (χ3n) is 4.89. The second-order valence-electron chi connectivity index (χ2n) is 8.21. The molecule has 0 unspecified atom stereocenters. The molecular formula is C28H26N4O6S. The number of nitrogens with zero attached hydrogens (tertiary/aromatic N) is 2. The Bertz CT molecular complexity index is 1370. The van der Waals surface area contributed by atoms with Crippen molar-refractivity contribution < 1.29 is 27.9 Å². The van der Waals surface area contributed by atoms with E-state index < -0.39 is 11.8 Å². The maximum absolute atomic E-state index is 11.9. The van der Waals surface area contributed by atoms with Crippen LogP contribution in [-0.4, -0.2) is 37.5 Å². The number of furan rings is 2. The SMILES string of the molecule is Cc1cccc(OCC(=O)N/N=C\c2ccc(Sc3ccc(/C=N\NC(=O)COc4cccc(C)c4)o3)o2)c1. The Kier molecular flexibility index (Phi) is 9.57. The van der Waals surface area contributed by atoms with Crippen molar-refractivity contribution in [2.45, 2.75) is 24.0 Å². The summed E-state index contributed by atoms with van der Waals surface area (Å²) in [4.78, 5) is 23.8. The Balaban J connectivity index is 1.17. The molecule has 0 saturated heterocycles. The van der Waals surface area contributed by atoms with E-state index in [0.29, 0.717) is 33.2 Å². The highest BCUT2D eigenvalue weighted by Gasteiger charge is 2.08. The van der Waals surface area contributed by atoms with E-state index in [9.17, 15) is 9.59 Å². The van der Waals surface area contributed by atoms with Crippen molar-refractivity contribution in [1.82, 2.24) is 10.9 Å². The number of hydrogen-bond donors (Lipinski definition) is 2. The molecule has 0 aliphatic carbocycles. The van der Waals surface area contributed by atoms with Crippen LogP contribution in [0.2, 0.25) is 0 Å². The van der Waals surface area contributed by atoms with E-state index in [0.717, 1.165) is 11.1 Å². The number of hydrogen-bond acceptors (Lipinski definition) is 9. The molecule has 0 fully saturated rings. The van der Waals surface area contributed by atoms with Gasteiger partial charge in [0.15, 0.2) is 23.4 Å². The summed E-state index contributed by atoms with van der Waals surface area (Å²) in [6.45, 7) is 3.57. The lowest BCUT2D eigenvalue weighted by Gasteiger charge is -2.05. The van der Waals surface area contributed by atoms with Gasteiger partial charge in [0.25, 0.3) is 11.8 Å². The van der Waals surface area contributed by atoms with Gasteiger partial charge in [-0.15, -0.1) is 0 Å². The zero-order valence-corrected chi connectivity index (χ0v) is 22.1. The average molecular weight is 547 g/mol. The van der Waals surface area contributed by atoms with E-state index in [1.165, 1.54) is 24.2 Å². The van der Waals surface area contributed by atoms with Crippen molar-refractivity contribution in [3.05, 3.63) is 95.4 Å². The number of carbonyl (C=O) groups excluding carboxylic acids is 2. The van der Waals surface area contributed by atoms with Crippen LogP contribution in [0.15, 0.2) is 102 Å². The van der Waals surface area contributed by atoms with Crippen molar-refractivity contribution in [3.63, 3.8) is 0 Å². The van der Waals surface area contributed by atoms with Crippen LogP contribution < -0.4 is 20.3 Å². The molecule has 11 heteroatoms. The molecule has 0 aliphatic rings. The van der Waals surface area contributed by atoms with Gasteiger partial charge in [0, 0.05) is 0 Å². The predicted molar refractivity (Wildman–Crippen MR) is 146 cm³/mol. The molecule has 0 spiro atoms. The number of rotatable bonds is 12. The first kappa shape index (κ1) is 27.3. The van der Waals surface area contributed by atoms with Crippen molar-refractivity contribution >= 4 is 36.0 Å². The second-order valence-corrected chi connectivity index (χ2v) is 9.22. The summed E-state index contributed by atoms with van der Waals surface area (Å²) in [5, 5.41) is 8.89. The first-order chi connectivity index (χ1) is 18.9. The minimum absolute atomic E-state index is 0.158. The van der Waals surface area contributed by atoms with Gasteiger partial charge < -0.3 is 18.3 Å². The molecule has 2 N–H and O–H groups in total. The molecule has 0 bridgehead atoms. The Labute approximate surface area is 229 Å². The van der Waals surface area contributed by atoms with E-state index in [2.05, 4.69) is 21.1 Å². The summed E-state index contributed by atoms with van der Waals surface area (Å²) >= 11 is 1.25.